The van der Waals surface area contributed by atoms with Gasteiger partial charge >= 0.3 is 0 Å². The topological polar surface area (TPSA) is 41.5 Å². The Kier molecular flexibility index (Phi) is 5.62. The minimum Gasteiger partial charge on any atom is -0.389 e. The maximum absolute atomic E-state index is 9.44. The molecule has 1 saturated carbocycles. The van der Waals surface area contributed by atoms with E-state index < -0.39 is 6.10 Å². The van der Waals surface area contributed by atoms with Crippen molar-refractivity contribution in [1.29, 1.82) is 0 Å². The van der Waals surface area contributed by atoms with Crippen molar-refractivity contribution in [3.63, 3.8) is 0 Å². The molecule has 1 atom stereocenters. The third-order valence-corrected chi connectivity index (χ3v) is 2.19. The summed E-state index contributed by atoms with van der Waals surface area (Å²) in [6.07, 6.45) is 7.96. The highest BCUT2D eigenvalue weighted by Gasteiger charge is 2.21. The van der Waals surface area contributed by atoms with E-state index in [2.05, 4.69) is 11.2 Å². The van der Waals surface area contributed by atoms with Crippen molar-refractivity contribution >= 4 is 0 Å². The van der Waals surface area contributed by atoms with E-state index in [1.807, 2.05) is 0 Å². The van der Waals surface area contributed by atoms with E-state index in [1.165, 1.54) is 12.8 Å². The lowest BCUT2D eigenvalue weighted by atomic mass is 10.3. The highest BCUT2D eigenvalue weighted by Crippen LogP contribution is 2.28. The van der Waals surface area contributed by atoms with Crippen LogP contribution in [0.25, 0.3) is 0 Å². The number of terminal acetylenes is 1. The van der Waals surface area contributed by atoms with E-state index in [1.54, 1.807) is 0 Å². The maximum Gasteiger partial charge on any atom is 0.0897 e. The lowest BCUT2D eigenvalue weighted by Gasteiger charge is -2.11. The zero-order valence-corrected chi connectivity index (χ0v) is 8.54. The molecular weight excluding hydrogens is 178 g/mol. The zero-order valence-electron chi connectivity index (χ0n) is 8.54. The van der Waals surface area contributed by atoms with E-state index in [0.29, 0.717) is 19.6 Å². The number of hydrogen-bond acceptors (Lipinski definition) is 3. The van der Waals surface area contributed by atoms with Gasteiger partial charge < -0.3 is 15.2 Å². The average molecular weight is 197 g/mol. The van der Waals surface area contributed by atoms with E-state index in [-0.39, 0.29) is 0 Å². The largest absolute Gasteiger partial charge is 0.389 e. The molecule has 2 N–H and O–H groups in total. The van der Waals surface area contributed by atoms with Crippen LogP contribution in [0.4, 0.5) is 0 Å². The molecule has 0 spiro atoms. The Labute approximate surface area is 85.8 Å². The Morgan fingerprint density at radius 3 is 3.00 bits per heavy atom. The van der Waals surface area contributed by atoms with Crippen LogP contribution in [-0.4, -0.2) is 37.5 Å². The predicted molar refractivity (Wildman–Crippen MR) is 55.9 cm³/mol. The fourth-order valence-corrected chi connectivity index (χ4v) is 1.14. The van der Waals surface area contributed by atoms with Crippen molar-refractivity contribution in [2.75, 3.05) is 26.3 Å². The Balaban J connectivity index is 1.82. The van der Waals surface area contributed by atoms with E-state index in [4.69, 9.17) is 11.2 Å². The van der Waals surface area contributed by atoms with Crippen LogP contribution < -0.4 is 5.32 Å². The van der Waals surface area contributed by atoms with Gasteiger partial charge in [-0.05, 0) is 18.8 Å². The number of hydrogen-bond donors (Lipinski definition) is 2. The summed E-state index contributed by atoms with van der Waals surface area (Å²) in [5.74, 6) is 3.29. The minimum atomic E-state index is -0.411. The monoisotopic (exact) mass is 197 g/mol. The fraction of sp³-hybridized carbons (Fsp3) is 0.818. The highest BCUT2D eigenvalue weighted by molar-refractivity contribution is 4.84. The fourth-order valence-electron chi connectivity index (χ4n) is 1.14. The van der Waals surface area contributed by atoms with Crippen LogP contribution in [-0.2, 0) is 4.74 Å². The van der Waals surface area contributed by atoms with Gasteiger partial charge in [0.15, 0.2) is 0 Å². The summed E-state index contributed by atoms with van der Waals surface area (Å²) in [5, 5.41) is 12.5. The standard InChI is InChI=1S/C11H19NO2/c1-2-3-6-12-7-11(13)9-14-8-10-4-5-10/h1,10-13H,3-9H2. The van der Waals surface area contributed by atoms with Gasteiger partial charge in [-0.25, -0.2) is 0 Å². The second kappa shape index (κ2) is 6.83. The number of rotatable bonds is 8. The summed E-state index contributed by atoms with van der Waals surface area (Å²) in [4.78, 5) is 0. The Morgan fingerprint density at radius 1 is 1.57 bits per heavy atom. The second-order valence-electron chi connectivity index (χ2n) is 3.79. The molecule has 80 valence electrons. The number of aliphatic hydroxyl groups is 1. The molecule has 14 heavy (non-hydrogen) atoms. The first-order valence-corrected chi connectivity index (χ1v) is 5.23. The molecule has 0 aromatic carbocycles. The van der Waals surface area contributed by atoms with Crippen LogP contribution in [0.3, 0.4) is 0 Å². The zero-order chi connectivity index (χ0) is 10.2. The summed E-state index contributed by atoms with van der Waals surface area (Å²) in [7, 11) is 0. The summed E-state index contributed by atoms with van der Waals surface area (Å²) in [6, 6.07) is 0. The van der Waals surface area contributed by atoms with Crippen molar-refractivity contribution in [3.8, 4) is 12.3 Å². The molecular formula is C11H19NO2. The summed E-state index contributed by atoms with van der Waals surface area (Å²) >= 11 is 0. The maximum atomic E-state index is 9.44. The van der Waals surface area contributed by atoms with Crippen molar-refractivity contribution in [2.24, 2.45) is 5.92 Å². The smallest absolute Gasteiger partial charge is 0.0897 e. The Bertz CT molecular complexity index is 184. The van der Waals surface area contributed by atoms with Gasteiger partial charge in [0, 0.05) is 26.1 Å². The molecule has 0 bridgehead atoms. The molecule has 0 heterocycles. The van der Waals surface area contributed by atoms with Gasteiger partial charge in [-0.2, -0.15) is 0 Å². The van der Waals surface area contributed by atoms with Gasteiger partial charge in [-0.15, -0.1) is 12.3 Å². The van der Waals surface area contributed by atoms with Crippen LogP contribution >= 0.6 is 0 Å². The number of ether oxygens (including phenoxy) is 1. The molecule has 0 aromatic rings. The molecule has 0 aromatic heterocycles. The van der Waals surface area contributed by atoms with Crippen LogP contribution in [0.1, 0.15) is 19.3 Å². The second-order valence-corrected chi connectivity index (χ2v) is 3.79. The molecule has 0 saturated heterocycles. The van der Waals surface area contributed by atoms with Gasteiger partial charge in [-0.3, -0.25) is 0 Å². The SMILES string of the molecule is C#CCCNCC(O)COCC1CC1. The van der Waals surface area contributed by atoms with Crippen LogP contribution in [0, 0.1) is 18.3 Å². The molecule has 0 aliphatic heterocycles. The molecule has 3 heteroatoms. The molecule has 0 radical (unpaired) electrons. The first-order chi connectivity index (χ1) is 6.83. The van der Waals surface area contributed by atoms with E-state index in [9.17, 15) is 5.11 Å². The van der Waals surface area contributed by atoms with Crippen molar-refractivity contribution in [3.05, 3.63) is 0 Å². The lowest BCUT2D eigenvalue weighted by molar-refractivity contribution is 0.0327. The first kappa shape index (κ1) is 11.5. The summed E-state index contributed by atoms with van der Waals surface area (Å²) in [6.45, 7) is 2.56. The Morgan fingerprint density at radius 2 is 2.36 bits per heavy atom. The molecule has 1 fully saturated rings. The van der Waals surface area contributed by atoms with Crippen LogP contribution in [0.2, 0.25) is 0 Å². The quantitative estimate of drug-likeness (QED) is 0.437. The number of nitrogens with one attached hydrogen (secondary N) is 1. The lowest BCUT2D eigenvalue weighted by Crippen LogP contribution is -2.31. The molecule has 3 nitrogen and oxygen atoms in total. The summed E-state index contributed by atoms with van der Waals surface area (Å²) < 4.78 is 5.35. The third-order valence-electron chi connectivity index (χ3n) is 2.19. The van der Waals surface area contributed by atoms with Crippen LogP contribution in [0.5, 0.6) is 0 Å². The van der Waals surface area contributed by atoms with Gasteiger partial charge in [0.1, 0.15) is 0 Å². The molecule has 0 amide bonds. The van der Waals surface area contributed by atoms with E-state index in [0.717, 1.165) is 19.1 Å². The van der Waals surface area contributed by atoms with Crippen LogP contribution in [0.15, 0.2) is 0 Å². The van der Waals surface area contributed by atoms with Gasteiger partial charge in [0.2, 0.25) is 0 Å². The predicted octanol–water partition coefficient (Wildman–Crippen LogP) is 0.387. The van der Waals surface area contributed by atoms with Crippen molar-refractivity contribution in [2.45, 2.75) is 25.4 Å². The van der Waals surface area contributed by atoms with E-state index >= 15 is 0 Å². The average Bonchev–Trinajstić information content (AvgIpc) is 2.96. The van der Waals surface area contributed by atoms with Crippen molar-refractivity contribution in [1.82, 2.24) is 5.32 Å². The van der Waals surface area contributed by atoms with Gasteiger partial charge in [-0.1, -0.05) is 0 Å². The van der Waals surface area contributed by atoms with Gasteiger partial charge in [0.05, 0.1) is 12.7 Å². The third kappa shape index (κ3) is 5.98. The molecule has 1 rings (SSSR count). The highest BCUT2D eigenvalue weighted by atomic mass is 16.5. The molecule has 1 aliphatic carbocycles. The van der Waals surface area contributed by atoms with Crippen molar-refractivity contribution < 1.29 is 9.84 Å². The Hall–Kier alpha value is -0.560. The first-order valence-electron chi connectivity index (χ1n) is 5.23. The minimum absolute atomic E-state index is 0.411. The molecule has 1 unspecified atom stereocenters. The number of aliphatic hydroxyl groups excluding tert-OH is 1. The molecule has 1 aliphatic rings. The normalized spacial score (nSPS) is 17.7. The summed E-state index contributed by atoms with van der Waals surface area (Å²) in [5.41, 5.74) is 0. The van der Waals surface area contributed by atoms with Gasteiger partial charge in [0.25, 0.3) is 0 Å².